The maximum absolute atomic E-state index is 12.0. The van der Waals surface area contributed by atoms with Crippen LogP contribution in [0.3, 0.4) is 0 Å². The topological polar surface area (TPSA) is 113 Å². The number of hydrogen-bond acceptors (Lipinski definition) is 5. The van der Waals surface area contributed by atoms with E-state index in [9.17, 15) is 14.4 Å². The average Bonchev–Trinajstić information content (AvgIpc) is 2.95. The van der Waals surface area contributed by atoms with Gasteiger partial charge in [0.25, 0.3) is 5.91 Å². The number of nitrogens with zero attached hydrogens (tertiary/aromatic N) is 1. The van der Waals surface area contributed by atoms with E-state index in [1.165, 1.54) is 0 Å². The SMILES string of the molecule is Cc1cccc(NC(=O)NC(=O)COC(=O)C[C@@H](C)c2c(C)n[nH]c2C)c1C. The van der Waals surface area contributed by atoms with Crippen molar-refractivity contribution in [3.05, 3.63) is 46.3 Å². The Hall–Kier alpha value is -3.16. The summed E-state index contributed by atoms with van der Waals surface area (Å²) in [4.78, 5) is 35.8. The normalized spacial score (nSPS) is 11.6. The Bertz CT molecular complexity index is 869. The molecule has 2 rings (SSSR count). The number of amides is 3. The van der Waals surface area contributed by atoms with Gasteiger partial charge in [0, 0.05) is 11.4 Å². The van der Waals surface area contributed by atoms with E-state index >= 15 is 0 Å². The van der Waals surface area contributed by atoms with Crippen LogP contribution >= 0.6 is 0 Å². The van der Waals surface area contributed by atoms with E-state index in [2.05, 4.69) is 20.8 Å². The predicted octanol–water partition coefficient (Wildman–Crippen LogP) is 3.03. The number of anilines is 1. The van der Waals surface area contributed by atoms with Gasteiger partial charge in [-0.3, -0.25) is 20.0 Å². The molecule has 28 heavy (non-hydrogen) atoms. The lowest BCUT2D eigenvalue weighted by atomic mass is 9.96. The van der Waals surface area contributed by atoms with Crippen LogP contribution in [0.1, 0.15) is 47.3 Å². The minimum atomic E-state index is -0.695. The summed E-state index contributed by atoms with van der Waals surface area (Å²) in [6.07, 6.45) is 0.114. The molecule has 0 radical (unpaired) electrons. The second kappa shape index (κ2) is 9.16. The summed E-state index contributed by atoms with van der Waals surface area (Å²) in [7, 11) is 0. The Morgan fingerprint density at radius 3 is 2.54 bits per heavy atom. The van der Waals surface area contributed by atoms with Crippen molar-refractivity contribution in [2.75, 3.05) is 11.9 Å². The van der Waals surface area contributed by atoms with Crippen LogP contribution in [0.2, 0.25) is 0 Å². The smallest absolute Gasteiger partial charge is 0.325 e. The number of imide groups is 1. The first-order chi connectivity index (χ1) is 13.2. The largest absolute Gasteiger partial charge is 0.456 e. The third-order valence-electron chi connectivity index (χ3n) is 4.62. The molecule has 8 nitrogen and oxygen atoms in total. The van der Waals surface area contributed by atoms with Gasteiger partial charge in [-0.1, -0.05) is 19.1 Å². The standard InChI is InChI=1S/C20H26N4O4/c1-11-7-6-8-16(13(11)3)21-20(27)22-17(25)10-28-18(26)9-12(2)19-14(4)23-24-15(19)5/h6-8,12H,9-10H2,1-5H3,(H,23,24)(H2,21,22,25,27)/t12-/m1/s1. The number of aromatic nitrogens is 2. The maximum atomic E-state index is 12.0. The third-order valence-corrected chi connectivity index (χ3v) is 4.62. The molecule has 8 heteroatoms. The van der Waals surface area contributed by atoms with Crippen LogP contribution in [-0.4, -0.2) is 34.7 Å². The zero-order valence-corrected chi connectivity index (χ0v) is 16.8. The van der Waals surface area contributed by atoms with Crippen molar-refractivity contribution < 1.29 is 19.1 Å². The molecule has 150 valence electrons. The van der Waals surface area contributed by atoms with E-state index in [4.69, 9.17) is 4.74 Å². The summed E-state index contributed by atoms with van der Waals surface area (Å²) in [6, 6.07) is 4.81. The molecule has 3 N–H and O–H groups in total. The van der Waals surface area contributed by atoms with E-state index in [1.54, 1.807) is 6.07 Å². The van der Waals surface area contributed by atoms with Crippen molar-refractivity contribution in [3.8, 4) is 0 Å². The quantitative estimate of drug-likeness (QED) is 0.661. The molecule has 0 saturated heterocycles. The Balaban J connectivity index is 1.79. The van der Waals surface area contributed by atoms with Crippen LogP contribution in [0.15, 0.2) is 18.2 Å². The number of H-pyrrole nitrogens is 1. The number of urea groups is 1. The molecule has 1 atom stereocenters. The van der Waals surface area contributed by atoms with E-state index in [-0.39, 0.29) is 12.3 Å². The van der Waals surface area contributed by atoms with Gasteiger partial charge < -0.3 is 10.1 Å². The molecular weight excluding hydrogens is 360 g/mol. The third kappa shape index (κ3) is 5.42. The maximum Gasteiger partial charge on any atom is 0.325 e. The van der Waals surface area contributed by atoms with Gasteiger partial charge in [-0.2, -0.15) is 5.10 Å². The second-order valence-electron chi connectivity index (χ2n) is 6.86. The van der Waals surface area contributed by atoms with E-state index < -0.39 is 24.5 Å². The molecule has 3 amide bonds. The first-order valence-corrected chi connectivity index (χ1v) is 9.03. The highest BCUT2D eigenvalue weighted by molar-refractivity contribution is 6.02. The van der Waals surface area contributed by atoms with Crippen LogP contribution in [0.4, 0.5) is 10.5 Å². The lowest BCUT2D eigenvalue weighted by Gasteiger charge is -2.12. The molecule has 1 aromatic heterocycles. The number of aryl methyl sites for hydroxylation is 3. The Morgan fingerprint density at radius 2 is 1.89 bits per heavy atom. The number of esters is 1. The first kappa shape index (κ1) is 21.1. The lowest BCUT2D eigenvalue weighted by molar-refractivity contribution is -0.148. The van der Waals surface area contributed by atoms with Crippen LogP contribution < -0.4 is 10.6 Å². The number of nitrogens with one attached hydrogen (secondary N) is 3. The minimum Gasteiger partial charge on any atom is -0.456 e. The molecule has 0 unspecified atom stereocenters. The molecule has 0 aliphatic rings. The van der Waals surface area contributed by atoms with Gasteiger partial charge in [0.1, 0.15) is 0 Å². The van der Waals surface area contributed by atoms with Gasteiger partial charge >= 0.3 is 12.0 Å². The van der Waals surface area contributed by atoms with Gasteiger partial charge in [-0.25, -0.2) is 4.79 Å². The van der Waals surface area contributed by atoms with Crippen LogP contribution in [0.5, 0.6) is 0 Å². The highest BCUT2D eigenvalue weighted by atomic mass is 16.5. The minimum absolute atomic E-state index is 0.0955. The average molecular weight is 386 g/mol. The number of carbonyl (C=O) groups excluding carboxylic acids is 3. The van der Waals surface area contributed by atoms with Gasteiger partial charge in [0.15, 0.2) is 6.61 Å². The van der Waals surface area contributed by atoms with Crippen LogP contribution in [0.25, 0.3) is 0 Å². The fourth-order valence-electron chi connectivity index (χ4n) is 3.05. The molecule has 1 aromatic carbocycles. The molecule has 0 aliphatic carbocycles. The molecular formula is C20H26N4O4. The van der Waals surface area contributed by atoms with E-state index in [1.807, 2.05) is 46.8 Å². The first-order valence-electron chi connectivity index (χ1n) is 9.03. The Labute approximate surface area is 164 Å². The van der Waals surface area contributed by atoms with Gasteiger partial charge in [-0.05, 0) is 56.4 Å². The molecule has 0 spiro atoms. The molecule has 0 saturated carbocycles. The number of carbonyl (C=O) groups is 3. The summed E-state index contributed by atoms with van der Waals surface area (Å²) in [5.41, 5.74) is 5.25. The van der Waals surface area contributed by atoms with Crippen molar-refractivity contribution in [1.82, 2.24) is 15.5 Å². The highest BCUT2D eigenvalue weighted by Gasteiger charge is 2.19. The Morgan fingerprint density at radius 1 is 1.18 bits per heavy atom. The summed E-state index contributed by atoms with van der Waals surface area (Å²) < 4.78 is 4.98. The molecule has 0 fully saturated rings. The molecule has 2 aromatic rings. The highest BCUT2D eigenvalue weighted by Crippen LogP contribution is 2.24. The van der Waals surface area contributed by atoms with E-state index in [0.29, 0.717) is 5.69 Å². The lowest BCUT2D eigenvalue weighted by Crippen LogP contribution is -2.37. The number of ether oxygens (including phenoxy) is 1. The van der Waals surface area contributed by atoms with Gasteiger partial charge in [0.05, 0.1) is 12.1 Å². The summed E-state index contributed by atoms with van der Waals surface area (Å²) in [5.74, 6) is -1.31. The number of rotatable bonds is 6. The van der Waals surface area contributed by atoms with Crippen molar-refractivity contribution in [2.45, 2.75) is 47.0 Å². The monoisotopic (exact) mass is 386 g/mol. The van der Waals surface area contributed by atoms with Crippen molar-refractivity contribution in [1.29, 1.82) is 0 Å². The van der Waals surface area contributed by atoms with Crippen molar-refractivity contribution in [2.24, 2.45) is 0 Å². The van der Waals surface area contributed by atoms with E-state index in [0.717, 1.165) is 28.1 Å². The van der Waals surface area contributed by atoms with Gasteiger partial charge in [0.2, 0.25) is 0 Å². The molecule has 0 aliphatic heterocycles. The fraction of sp³-hybridized carbons (Fsp3) is 0.400. The van der Waals surface area contributed by atoms with Crippen LogP contribution in [-0.2, 0) is 14.3 Å². The summed E-state index contributed by atoms with van der Waals surface area (Å²) >= 11 is 0. The molecule has 1 heterocycles. The zero-order chi connectivity index (χ0) is 20.8. The number of hydrogen-bond donors (Lipinski definition) is 3. The fourth-order valence-corrected chi connectivity index (χ4v) is 3.05. The second-order valence-corrected chi connectivity index (χ2v) is 6.86. The van der Waals surface area contributed by atoms with Crippen LogP contribution in [0, 0.1) is 27.7 Å². The zero-order valence-electron chi connectivity index (χ0n) is 16.8. The summed E-state index contributed by atoms with van der Waals surface area (Å²) in [5, 5.41) is 11.8. The summed E-state index contributed by atoms with van der Waals surface area (Å²) in [6.45, 7) is 8.93. The van der Waals surface area contributed by atoms with Crippen molar-refractivity contribution in [3.63, 3.8) is 0 Å². The van der Waals surface area contributed by atoms with Crippen molar-refractivity contribution >= 4 is 23.6 Å². The van der Waals surface area contributed by atoms with Gasteiger partial charge in [-0.15, -0.1) is 0 Å². The Kier molecular flexibility index (Phi) is 6.92. The number of benzene rings is 1. The molecule has 0 bridgehead atoms. The number of aromatic amines is 1. The predicted molar refractivity (Wildman–Crippen MR) is 105 cm³/mol.